The summed E-state index contributed by atoms with van der Waals surface area (Å²) in [6, 6.07) is 9.19. The molecule has 0 radical (unpaired) electrons. The van der Waals surface area contributed by atoms with Gasteiger partial charge in [-0.05, 0) is 34.1 Å². The Bertz CT molecular complexity index is 1070. The highest BCUT2D eigenvalue weighted by Crippen LogP contribution is 2.21. The fourth-order valence-corrected chi connectivity index (χ4v) is 2.95. The molecule has 0 amide bonds. The van der Waals surface area contributed by atoms with Crippen molar-refractivity contribution < 1.29 is 0 Å². The third-order valence-corrected chi connectivity index (χ3v) is 4.38. The van der Waals surface area contributed by atoms with E-state index in [1.165, 1.54) is 0 Å². The first-order valence-corrected chi connectivity index (χ1v) is 7.91. The number of pyridine rings is 1. The molecule has 0 aliphatic heterocycles. The number of nitrogens with zero attached hydrogens (tertiary/aromatic N) is 7. The van der Waals surface area contributed by atoms with Gasteiger partial charge in [0.1, 0.15) is 22.1 Å². The van der Waals surface area contributed by atoms with Crippen LogP contribution in [0.5, 0.6) is 0 Å². The van der Waals surface area contributed by atoms with Crippen LogP contribution < -0.4 is 0 Å². The first-order valence-electron chi connectivity index (χ1n) is 7.12. The van der Waals surface area contributed by atoms with E-state index in [0.29, 0.717) is 29.5 Å². The van der Waals surface area contributed by atoms with Crippen LogP contribution in [0.4, 0.5) is 0 Å². The number of imidazole rings is 2. The van der Waals surface area contributed by atoms with Crippen LogP contribution in [-0.2, 0) is 6.54 Å². The second-order valence-corrected chi connectivity index (χ2v) is 5.79. The van der Waals surface area contributed by atoms with E-state index >= 15 is 0 Å². The number of nitriles is 1. The monoisotopic (exact) mass is 379 g/mol. The Morgan fingerprint density at radius 1 is 1.08 bits per heavy atom. The summed E-state index contributed by atoms with van der Waals surface area (Å²) in [6.07, 6.45) is 7.17. The zero-order valence-corrected chi connectivity index (χ0v) is 13.9. The van der Waals surface area contributed by atoms with Crippen LogP contribution in [0.3, 0.4) is 0 Å². The van der Waals surface area contributed by atoms with Crippen LogP contribution >= 0.6 is 15.9 Å². The molecule has 0 aliphatic rings. The molecule has 0 saturated heterocycles. The number of hydrogen-bond donors (Lipinski definition) is 0. The molecule has 116 valence electrons. The maximum absolute atomic E-state index is 9.02. The predicted octanol–water partition coefficient (Wildman–Crippen LogP) is 2.67. The average molecular weight is 380 g/mol. The average Bonchev–Trinajstić information content (AvgIpc) is 3.21. The van der Waals surface area contributed by atoms with Crippen molar-refractivity contribution in [3.05, 3.63) is 65.0 Å². The molecule has 8 heteroatoms. The van der Waals surface area contributed by atoms with Crippen LogP contribution in [0.2, 0.25) is 0 Å². The van der Waals surface area contributed by atoms with Crippen LogP contribution in [0.1, 0.15) is 11.4 Å². The van der Waals surface area contributed by atoms with E-state index in [0.717, 1.165) is 10.3 Å². The topological polar surface area (TPSA) is 84.7 Å². The molecular formula is C16H10BrN7. The predicted molar refractivity (Wildman–Crippen MR) is 90.0 cm³/mol. The summed E-state index contributed by atoms with van der Waals surface area (Å²) in [7, 11) is 0. The quantitative estimate of drug-likeness (QED) is 0.546. The SMILES string of the molecule is N#Cc1cccc(-c2nccn2Cc2nc3ncccn3c2Br)n1. The Morgan fingerprint density at radius 3 is 2.83 bits per heavy atom. The molecule has 0 aliphatic carbocycles. The molecule has 0 N–H and O–H groups in total. The molecule has 4 rings (SSSR count). The fourth-order valence-electron chi connectivity index (χ4n) is 2.46. The number of hydrogen-bond acceptors (Lipinski definition) is 5. The summed E-state index contributed by atoms with van der Waals surface area (Å²) < 4.78 is 4.67. The number of fused-ring (bicyclic) bond motifs is 1. The lowest BCUT2D eigenvalue weighted by Gasteiger charge is -2.06. The smallest absolute Gasteiger partial charge is 0.234 e. The lowest BCUT2D eigenvalue weighted by atomic mass is 10.3. The molecule has 7 nitrogen and oxygen atoms in total. The lowest BCUT2D eigenvalue weighted by molar-refractivity contribution is 0.780. The van der Waals surface area contributed by atoms with Gasteiger partial charge in [0.05, 0.1) is 12.2 Å². The maximum atomic E-state index is 9.02. The van der Waals surface area contributed by atoms with E-state index in [1.54, 1.807) is 24.5 Å². The van der Waals surface area contributed by atoms with E-state index < -0.39 is 0 Å². The summed E-state index contributed by atoms with van der Waals surface area (Å²) in [6.45, 7) is 0.512. The number of aromatic nitrogens is 6. The van der Waals surface area contributed by atoms with Crippen molar-refractivity contribution in [3.63, 3.8) is 0 Å². The van der Waals surface area contributed by atoms with Gasteiger partial charge in [0.25, 0.3) is 0 Å². The van der Waals surface area contributed by atoms with Gasteiger partial charge in [0.15, 0.2) is 5.82 Å². The minimum absolute atomic E-state index is 0.361. The van der Waals surface area contributed by atoms with Gasteiger partial charge in [-0.15, -0.1) is 0 Å². The van der Waals surface area contributed by atoms with E-state index in [9.17, 15) is 0 Å². The van der Waals surface area contributed by atoms with Crippen molar-refractivity contribution in [1.29, 1.82) is 5.26 Å². The lowest BCUT2D eigenvalue weighted by Crippen LogP contribution is -2.03. The highest BCUT2D eigenvalue weighted by Gasteiger charge is 2.14. The number of rotatable bonds is 3. The van der Waals surface area contributed by atoms with Gasteiger partial charge in [-0.1, -0.05) is 6.07 Å². The third-order valence-electron chi connectivity index (χ3n) is 3.54. The van der Waals surface area contributed by atoms with Gasteiger partial charge in [-0.25, -0.2) is 19.9 Å². The molecule has 0 saturated carbocycles. The molecule has 0 bridgehead atoms. The Kier molecular flexibility index (Phi) is 3.55. The molecule has 4 aromatic heterocycles. The molecule has 4 heterocycles. The molecule has 4 aromatic rings. The van der Waals surface area contributed by atoms with Gasteiger partial charge >= 0.3 is 0 Å². The fraction of sp³-hybridized carbons (Fsp3) is 0.0625. The van der Waals surface area contributed by atoms with E-state index in [2.05, 4.69) is 35.9 Å². The highest BCUT2D eigenvalue weighted by atomic mass is 79.9. The molecular weight excluding hydrogens is 370 g/mol. The van der Waals surface area contributed by atoms with Crippen molar-refractivity contribution in [2.45, 2.75) is 6.54 Å². The summed E-state index contributed by atoms with van der Waals surface area (Å²) in [5.41, 5.74) is 1.85. The van der Waals surface area contributed by atoms with Crippen molar-refractivity contribution in [2.75, 3.05) is 0 Å². The first-order chi connectivity index (χ1) is 11.8. The Balaban J connectivity index is 1.74. The zero-order valence-electron chi connectivity index (χ0n) is 12.3. The van der Waals surface area contributed by atoms with Crippen molar-refractivity contribution in [3.8, 4) is 17.6 Å². The van der Waals surface area contributed by atoms with Crippen LogP contribution in [0.25, 0.3) is 17.3 Å². The summed E-state index contributed by atoms with van der Waals surface area (Å²) in [5, 5.41) is 9.02. The largest absolute Gasteiger partial charge is 0.324 e. The van der Waals surface area contributed by atoms with Crippen molar-refractivity contribution in [2.24, 2.45) is 0 Å². The Labute approximate surface area is 145 Å². The molecule has 0 aromatic carbocycles. The molecule has 0 fully saturated rings. The minimum Gasteiger partial charge on any atom is -0.324 e. The highest BCUT2D eigenvalue weighted by molar-refractivity contribution is 9.10. The Hall–Kier alpha value is -3.05. The normalized spacial score (nSPS) is 10.8. The first kappa shape index (κ1) is 14.5. The minimum atomic E-state index is 0.361. The standard InChI is InChI=1S/C16H10BrN7/c17-14-13(22-16-20-5-2-7-24(14)16)10-23-8-6-19-15(23)12-4-1-3-11(9-18)21-12/h1-8H,10H2. The molecule has 0 unspecified atom stereocenters. The van der Waals surface area contributed by atoms with E-state index in [4.69, 9.17) is 5.26 Å². The second kappa shape index (κ2) is 5.86. The summed E-state index contributed by atoms with van der Waals surface area (Å²) >= 11 is 3.57. The molecule has 0 atom stereocenters. The second-order valence-electron chi connectivity index (χ2n) is 5.04. The van der Waals surface area contributed by atoms with Crippen LogP contribution in [-0.4, -0.2) is 28.9 Å². The van der Waals surface area contributed by atoms with Gasteiger partial charge in [-0.3, -0.25) is 4.40 Å². The van der Waals surface area contributed by atoms with Crippen molar-refractivity contribution in [1.82, 2.24) is 28.9 Å². The molecule has 24 heavy (non-hydrogen) atoms. The van der Waals surface area contributed by atoms with Crippen LogP contribution in [0.15, 0.2) is 53.7 Å². The van der Waals surface area contributed by atoms with Gasteiger partial charge < -0.3 is 4.57 Å². The molecule has 0 spiro atoms. The van der Waals surface area contributed by atoms with E-state index in [-0.39, 0.29) is 0 Å². The Morgan fingerprint density at radius 2 is 2.00 bits per heavy atom. The van der Waals surface area contributed by atoms with Gasteiger partial charge in [0, 0.05) is 24.8 Å². The number of halogens is 1. The van der Waals surface area contributed by atoms with Crippen molar-refractivity contribution >= 4 is 21.7 Å². The van der Waals surface area contributed by atoms with Crippen LogP contribution in [0, 0.1) is 11.3 Å². The summed E-state index contributed by atoms with van der Waals surface area (Å²) in [5.74, 6) is 1.31. The third kappa shape index (κ3) is 2.45. The van der Waals surface area contributed by atoms with Gasteiger partial charge in [0.2, 0.25) is 5.78 Å². The van der Waals surface area contributed by atoms with Gasteiger partial charge in [-0.2, -0.15) is 5.26 Å². The zero-order chi connectivity index (χ0) is 16.5. The van der Waals surface area contributed by atoms with E-state index in [1.807, 2.05) is 39.6 Å². The summed E-state index contributed by atoms with van der Waals surface area (Å²) in [4.78, 5) is 17.5. The maximum Gasteiger partial charge on any atom is 0.234 e.